The van der Waals surface area contributed by atoms with Gasteiger partial charge in [0, 0.05) is 62.9 Å². The van der Waals surface area contributed by atoms with Crippen molar-refractivity contribution in [2.75, 3.05) is 26.2 Å². The third-order valence-electron chi connectivity index (χ3n) is 8.81. The van der Waals surface area contributed by atoms with Crippen LogP contribution in [0.4, 0.5) is 0 Å². The molecule has 43 heavy (non-hydrogen) atoms. The molecule has 3 aromatic rings. The van der Waals surface area contributed by atoms with Crippen LogP contribution in [0.2, 0.25) is 0 Å². The summed E-state index contributed by atoms with van der Waals surface area (Å²) in [6.07, 6.45) is 7.25. The molecule has 2 aliphatic heterocycles. The number of aliphatic hydroxyl groups is 1. The smallest absolute Gasteiger partial charge is 0.271 e. The van der Waals surface area contributed by atoms with E-state index in [1.54, 1.807) is 12.1 Å². The molecule has 2 amide bonds. The second-order valence-corrected chi connectivity index (χ2v) is 11.6. The summed E-state index contributed by atoms with van der Waals surface area (Å²) >= 11 is 0. The molecular weight excluding hydrogens is 540 g/mol. The maximum absolute atomic E-state index is 13.9. The Kier molecular flexibility index (Phi) is 8.21. The molecule has 9 nitrogen and oxygen atoms in total. The van der Waals surface area contributed by atoms with E-state index in [2.05, 4.69) is 39.9 Å². The number of aromatic nitrogens is 2. The molecule has 0 saturated heterocycles. The normalized spacial score (nSPS) is 21.4. The Labute approximate surface area is 252 Å². The van der Waals surface area contributed by atoms with Crippen molar-refractivity contribution >= 4 is 17.4 Å². The van der Waals surface area contributed by atoms with Crippen LogP contribution in [-0.4, -0.2) is 63.7 Å². The van der Waals surface area contributed by atoms with E-state index in [9.17, 15) is 14.7 Å². The lowest BCUT2D eigenvalue weighted by molar-refractivity contribution is 0.0807. The maximum Gasteiger partial charge on any atom is 0.271 e. The number of carbonyl (C=O) groups is 2. The molecule has 2 aromatic heterocycles. The van der Waals surface area contributed by atoms with E-state index in [4.69, 9.17) is 9.97 Å². The number of allylic oxidation sites excluding steroid dienone is 2. The number of nitrogens with one attached hydrogen (secondary N) is 3. The van der Waals surface area contributed by atoms with Gasteiger partial charge >= 0.3 is 0 Å². The van der Waals surface area contributed by atoms with Crippen LogP contribution < -0.4 is 16.0 Å². The lowest BCUT2D eigenvalue weighted by Crippen LogP contribution is -2.64. The Bertz CT molecular complexity index is 1620. The van der Waals surface area contributed by atoms with E-state index >= 15 is 0 Å². The van der Waals surface area contributed by atoms with Crippen LogP contribution in [0.1, 0.15) is 61.5 Å². The number of aryl methyl sites for hydroxylation is 1. The molecule has 2 atom stereocenters. The number of pyridine rings is 2. The maximum atomic E-state index is 13.9. The molecule has 4 N–H and O–H groups in total. The SMILES string of the molecule is Cc1ccccc1C1=CC=CC(NC(=O)c2ccc3c(n2)CCNC3)(NC(=O)c2ccc3c(n2)CCN(CCO)C3)C1C. The molecule has 222 valence electrons. The Morgan fingerprint density at radius 2 is 1.70 bits per heavy atom. The highest BCUT2D eigenvalue weighted by molar-refractivity contribution is 5.97. The van der Waals surface area contributed by atoms with Gasteiger partial charge in [-0.15, -0.1) is 0 Å². The second kappa shape index (κ2) is 12.2. The third kappa shape index (κ3) is 5.88. The topological polar surface area (TPSA) is 119 Å². The first-order valence-corrected chi connectivity index (χ1v) is 15.0. The van der Waals surface area contributed by atoms with Crippen LogP contribution in [0.25, 0.3) is 5.57 Å². The quantitative estimate of drug-likeness (QED) is 0.319. The number of benzene rings is 1. The zero-order valence-corrected chi connectivity index (χ0v) is 24.7. The minimum absolute atomic E-state index is 0.111. The largest absolute Gasteiger partial charge is 0.395 e. The third-order valence-corrected chi connectivity index (χ3v) is 8.81. The number of carbonyl (C=O) groups excluding carboxylic acids is 2. The molecule has 4 heterocycles. The lowest BCUT2D eigenvalue weighted by Gasteiger charge is -2.41. The average Bonchev–Trinajstić information content (AvgIpc) is 3.02. The Balaban J connectivity index is 1.31. The first-order chi connectivity index (χ1) is 20.9. The monoisotopic (exact) mass is 578 g/mol. The van der Waals surface area contributed by atoms with Crippen molar-refractivity contribution in [3.05, 3.63) is 112 Å². The summed E-state index contributed by atoms with van der Waals surface area (Å²) in [6.45, 7) is 7.83. The van der Waals surface area contributed by atoms with E-state index in [1.807, 2.05) is 49.4 Å². The summed E-state index contributed by atoms with van der Waals surface area (Å²) in [4.78, 5) is 39.3. The molecule has 3 aliphatic rings. The first-order valence-electron chi connectivity index (χ1n) is 15.0. The second-order valence-electron chi connectivity index (χ2n) is 11.6. The number of hydrogen-bond donors (Lipinski definition) is 4. The van der Waals surface area contributed by atoms with Crippen molar-refractivity contribution in [2.24, 2.45) is 5.92 Å². The molecule has 2 unspecified atom stereocenters. The van der Waals surface area contributed by atoms with E-state index in [0.29, 0.717) is 30.9 Å². The molecular formula is C34H38N6O3. The van der Waals surface area contributed by atoms with Crippen molar-refractivity contribution in [1.29, 1.82) is 0 Å². The highest BCUT2D eigenvalue weighted by atomic mass is 16.3. The van der Waals surface area contributed by atoms with E-state index in [1.165, 1.54) is 0 Å². The van der Waals surface area contributed by atoms with Crippen LogP contribution >= 0.6 is 0 Å². The van der Waals surface area contributed by atoms with Gasteiger partial charge in [0.1, 0.15) is 17.1 Å². The molecule has 0 spiro atoms. The Hall–Kier alpha value is -4.18. The van der Waals surface area contributed by atoms with E-state index in [-0.39, 0.29) is 24.3 Å². The van der Waals surface area contributed by atoms with Gasteiger partial charge in [0.15, 0.2) is 0 Å². The standard InChI is InChI=1S/C34H38N6O3/c1-22-6-3-4-7-26(22)27-8-5-15-34(23(27)2,38-32(42)30-11-9-24-20-35-16-13-28(24)36-30)39-33(43)31-12-10-25-21-40(18-19-41)17-14-29(25)37-31/h3-12,15,23,35,41H,13-14,16-21H2,1-2H3,(H,38,42)(H,39,43). The van der Waals surface area contributed by atoms with Gasteiger partial charge < -0.3 is 21.1 Å². The fourth-order valence-electron chi connectivity index (χ4n) is 6.29. The van der Waals surface area contributed by atoms with Crippen LogP contribution in [0.5, 0.6) is 0 Å². The van der Waals surface area contributed by atoms with Crippen LogP contribution in [-0.2, 0) is 25.9 Å². The van der Waals surface area contributed by atoms with Gasteiger partial charge in [0.2, 0.25) is 0 Å². The predicted octanol–water partition coefficient (Wildman–Crippen LogP) is 2.93. The zero-order chi connectivity index (χ0) is 30.0. The van der Waals surface area contributed by atoms with Crippen molar-refractivity contribution in [3.63, 3.8) is 0 Å². The molecule has 1 aromatic carbocycles. The van der Waals surface area contributed by atoms with Gasteiger partial charge in [-0.2, -0.15) is 0 Å². The van der Waals surface area contributed by atoms with Crippen molar-refractivity contribution in [1.82, 2.24) is 30.8 Å². The fourth-order valence-corrected chi connectivity index (χ4v) is 6.29. The summed E-state index contributed by atoms with van der Waals surface area (Å²) in [5.41, 5.74) is 6.54. The van der Waals surface area contributed by atoms with Gasteiger partial charge in [-0.25, -0.2) is 9.97 Å². The van der Waals surface area contributed by atoms with Gasteiger partial charge in [-0.1, -0.05) is 55.5 Å². The fraction of sp³-hybridized carbons (Fsp3) is 0.353. The van der Waals surface area contributed by atoms with E-state index < -0.39 is 5.66 Å². The number of nitrogens with zero attached hydrogens (tertiary/aromatic N) is 3. The Morgan fingerprint density at radius 3 is 2.42 bits per heavy atom. The number of rotatable bonds is 7. The number of β-amino-alcohol motifs (C(OH)–C–C–N with tert-alkyl or cyclic N) is 1. The summed E-state index contributed by atoms with van der Waals surface area (Å²) < 4.78 is 0. The van der Waals surface area contributed by atoms with Crippen LogP contribution in [0.15, 0.2) is 66.8 Å². The zero-order valence-electron chi connectivity index (χ0n) is 24.7. The highest BCUT2D eigenvalue weighted by Gasteiger charge is 2.42. The molecule has 1 aliphatic carbocycles. The van der Waals surface area contributed by atoms with Crippen LogP contribution in [0.3, 0.4) is 0 Å². The summed E-state index contributed by atoms with van der Waals surface area (Å²) in [6, 6.07) is 15.5. The minimum atomic E-state index is -1.23. The lowest BCUT2D eigenvalue weighted by atomic mass is 9.78. The predicted molar refractivity (Wildman–Crippen MR) is 165 cm³/mol. The van der Waals surface area contributed by atoms with Gasteiger partial charge in [-0.3, -0.25) is 14.5 Å². The molecule has 0 saturated carbocycles. The van der Waals surface area contributed by atoms with Crippen molar-refractivity contribution in [2.45, 2.75) is 45.4 Å². The molecule has 0 fully saturated rings. The van der Waals surface area contributed by atoms with Gasteiger partial charge in [0.05, 0.1) is 6.61 Å². The molecule has 6 rings (SSSR count). The molecule has 0 bridgehead atoms. The summed E-state index contributed by atoms with van der Waals surface area (Å²) in [5.74, 6) is -1.03. The van der Waals surface area contributed by atoms with E-state index in [0.717, 1.165) is 65.3 Å². The first kappa shape index (κ1) is 28.9. The number of amides is 2. The minimum Gasteiger partial charge on any atom is -0.395 e. The van der Waals surface area contributed by atoms with Crippen LogP contribution in [0, 0.1) is 12.8 Å². The van der Waals surface area contributed by atoms with Crippen molar-refractivity contribution in [3.8, 4) is 0 Å². The van der Waals surface area contributed by atoms with Gasteiger partial charge in [0.25, 0.3) is 11.8 Å². The number of fused-ring (bicyclic) bond motifs is 2. The van der Waals surface area contributed by atoms with Gasteiger partial charge in [-0.05, 0) is 53.0 Å². The Morgan fingerprint density at radius 1 is 1.00 bits per heavy atom. The average molecular weight is 579 g/mol. The van der Waals surface area contributed by atoms with Crippen molar-refractivity contribution < 1.29 is 14.7 Å². The molecule has 9 heteroatoms. The summed E-state index contributed by atoms with van der Waals surface area (Å²) in [7, 11) is 0. The molecule has 0 radical (unpaired) electrons. The highest BCUT2D eigenvalue weighted by Crippen LogP contribution is 2.36. The summed E-state index contributed by atoms with van der Waals surface area (Å²) in [5, 5.41) is 19.0. The number of aliphatic hydroxyl groups excluding tert-OH is 1. The number of hydrogen-bond acceptors (Lipinski definition) is 7.